The van der Waals surface area contributed by atoms with Crippen LogP contribution in [0.3, 0.4) is 0 Å². The van der Waals surface area contributed by atoms with Crippen LogP contribution in [0.4, 0.5) is 5.69 Å². The van der Waals surface area contributed by atoms with Gasteiger partial charge >= 0.3 is 5.97 Å². The monoisotopic (exact) mass is 253 g/mol. The molecule has 3 nitrogen and oxygen atoms in total. The van der Waals surface area contributed by atoms with Crippen LogP contribution in [0.15, 0.2) is 24.3 Å². The van der Waals surface area contributed by atoms with E-state index in [1.165, 1.54) is 12.7 Å². The molecule has 0 aliphatic carbocycles. The summed E-state index contributed by atoms with van der Waals surface area (Å²) < 4.78 is 4.57. The lowest BCUT2D eigenvalue weighted by molar-refractivity contribution is -0.140. The summed E-state index contributed by atoms with van der Waals surface area (Å²) in [5.41, 5.74) is 7.73. The highest BCUT2D eigenvalue weighted by Crippen LogP contribution is 2.11. The summed E-state index contributed by atoms with van der Waals surface area (Å²) >= 11 is 1.79. The number of methoxy groups -OCH3 is 1. The number of carbonyl (C=O) groups excluding carboxylic acids is 1. The van der Waals surface area contributed by atoms with Crippen LogP contribution in [0.2, 0.25) is 0 Å². The molecule has 0 aromatic heterocycles. The lowest BCUT2D eigenvalue weighted by atomic mass is 10.1. The number of rotatable bonds is 7. The maximum absolute atomic E-state index is 10.9. The smallest absolute Gasteiger partial charge is 0.306 e. The molecule has 0 radical (unpaired) electrons. The van der Waals surface area contributed by atoms with E-state index in [2.05, 4.69) is 16.9 Å². The van der Waals surface area contributed by atoms with Crippen molar-refractivity contribution in [3.05, 3.63) is 29.8 Å². The molecule has 1 rings (SSSR count). The molecular formula is C13H19NO2S. The standard InChI is InChI=1S/C13H19NO2S/c1-16-13(15)8-10-17-9-2-3-11-4-6-12(14)7-5-11/h4-7H,2-3,8-10,14H2,1H3. The van der Waals surface area contributed by atoms with Crippen molar-refractivity contribution >= 4 is 23.4 Å². The van der Waals surface area contributed by atoms with Crippen molar-refractivity contribution in [1.29, 1.82) is 0 Å². The Kier molecular flexibility index (Phi) is 6.55. The molecule has 0 heterocycles. The summed E-state index contributed by atoms with van der Waals surface area (Å²) in [7, 11) is 1.42. The molecule has 0 fully saturated rings. The molecular weight excluding hydrogens is 234 g/mol. The number of hydrogen-bond acceptors (Lipinski definition) is 4. The molecule has 1 aromatic rings. The van der Waals surface area contributed by atoms with E-state index in [4.69, 9.17) is 5.73 Å². The van der Waals surface area contributed by atoms with Crippen LogP contribution in [0.5, 0.6) is 0 Å². The van der Waals surface area contributed by atoms with Crippen LogP contribution in [-0.4, -0.2) is 24.6 Å². The molecule has 0 aliphatic heterocycles. The summed E-state index contributed by atoms with van der Waals surface area (Å²) in [4.78, 5) is 10.9. The molecule has 1 aromatic carbocycles. The largest absolute Gasteiger partial charge is 0.469 e. The minimum atomic E-state index is -0.129. The predicted octanol–water partition coefficient (Wildman–Crippen LogP) is 2.50. The van der Waals surface area contributed by atoms with Gasteiger partial charge in [0.15, 0.2) is 0 Å². The highest BCUT2D eigenvalue weighted by atomic mass is 32.2. The molecule has 0 unspecified atom stereocenters. The molecule has 0 spiro atoms. The van der Waals surface area contributed by atoms with Crippen LogP contribution < -0.4 is 5.73 Å². The molecule has 17 heavy (non-hydrogen) atoms. The second-order valence-electron chi connectivity index (χ2n) is 3.78. The van der Waals surface area contributed by atoms with Crippen LogP contribution >= 0.6 is 11.8 Å². The van der Waals surface area contributed by atoms with E-state index in [0.29, 0.717) is 6.42 Å². The third-order valence-corrected chi connectivity index (χ3v) is 3.48. The van der Waals surface area contributed by atoms with Crippen molar-refractivity contribution in [1.82, 2.24) is 0 Å². The van der Waals surface area contributed by atoms with Crippen molar-refractivity contribution in [3.8, 4) is 0 Å². The highest BCUT2D eigenvalue weighted by Gasteiger charge is 1.99. The van der Waals surface area contributed by atoms with Gasteiger partial charge in [0, 0.05) is 11.4 Å². The first-order valence-corrected chi connectivity index (χ1v) is 6.87. The highest BCUT2D eigenvalue weighted by molar-refractivity contribution is 7.99. The second-order valence-corrected chi connectivity index (χ2v) is 5.01. The van der Waals surface area contributed by atoms with Gasteiger partial charge in [-0.1, -0.05) is 12.1 Å². The van der Waals surface area contributed by atoms with Crippen LogP contribution in [0.1, 0.15) is 18.4 Å². The first-order chi connectivity index (χ1) is 8.22. The van der Waals surface area contributed by atoms with Crippen molar-refractivity contribution in [2.75, 3.05) is 24.3 Å². The van der Waals surface area contributed by atoms with Crippen LogP contribution in [0, 0.1) is 0 Å². The van der Waals surface area contributed by atoms with Gasteiger partial charge in [-0.3, -0.25) is 4.79 Å². The quantitative estimate of drug-likeness (QED) is 0.461. The van der Waals surface area contributed by atoms with E-state index in [-0.39, 0.29) is 5.97 Å². The maximum Gasteiger partial charge on any atom is 0.306 e. The molecule has 0 saturated carbocycles. The van der Waals surface area contributed by atoms with Gasteiger partial charge in [0.1, 0.15) is 0 Å². The Morgan fingerprint density at radius 3 is 2.65 bits per heavy atom. The molecule has 94 valence electrons. The van der Waals surface area contributed by atoms with Crippen molar-refractivity contribution in [2.45, 2.75) is 19.3 Å². The molecule has 2 N–H and O–H groups in total. The predicted molar refractivity (Wildman–Crippen MR) is 73.1 cm³/mol. The second kappa shape index (κ2) is 8.01. The van der Waals surface area contributed by atoms with Crippen molar-refractivity contribution in [3.63, 3.8) is 0 Å². The lowest BCUT2D eigenvalue weighted by Gasteiger charge is -2.02. The lowest BCUT2D eigenvalue weighted by Crippen LogP contribution is -2.01. The van der Waals surface area contributed by atoms with Crippen LogP contribution in [-0.2, 0) is 16.0 Å². The molecule has 0 bridgehead atoms. The number of hydrogen-bond donors (Lipinski definition) is 1. The topological polar surface area (TPSA) is 52.3 Å². The van der Waals surface area contributed by atoms with Gasteiger partial charge in [-0.05, 0) is 36.3 Å². The fraction of sp³-hybridized carbons (Fsp3) is 0.462. The Morgan fingerprint density at radius 1 is 1.29 bits per heavy atom. The first-order valence-electron chi connectivity index (χ1n) is 5.71. The number of esters is 1. The van der Waals surface area contributed by atoms with Gasteiger partial charge in [-0.2, -0.15) is 11.8 Å². The molecule has 0 atom stereocenters. The van der Waals surface area contributed by atoms with Crippen LogP contribution in [0.25, 0.3) is 0 Å². The Balaban J connectivity index is 2.04. The summed E-state index contributed by atoms with van der Waals surface area (Å²) in [6.07, 6.45) is 2.68. The van der Waals surface area contributed by atoms with E-state index in [1.807, 2.05) is 12.1 Å². The van der Waals surface area contributed by atoms with Gasteiger partial charge in [0.05, 0.1) is 13.5 Å². The number of ether oxygens (including phenoxy) is 1. The summed E-state index contributed by atoms with van der Waals surface area (Å²) in [5.74, 6) is 1.78. The Bertz CT molecular complexity index is 338. The zero-order chi connectivity index (χ0) is 12.5. The summed E-state index contributed by atoms with van der Waals surface area (Å²) in [6, 6.07) is 7.99. The third-order valence-electron chi connectivity index (χ3n) is 2.41. The molecule has 0 amide bonds. The maximum atomic E-state index is 10.9. The average Bonchev–Trinajstić information content (AvgIpc) is 2.35. The van der Waals surface area contributed by atoms with Gasteiger partial charge in [0.25, 0.3) is 0 Å². The Morgan fingerprint density at radius 2 is 2.00 bits per heavy atom. The fourth-order valence-corrected chi connectivity index (χ4v) is 2.29. The number of nitrogen functional groups attached to an aromatic ring is 1. The zero-order valence-corrected chi connectivity index (χ0v) is 11.0. The summed E-state index contributed by atoms with van der Waals surface area (Å²) in [5, 5.41) is 0. The first kappa shape index (κ1) is 13.9. The number of aryl methyl sites for hydroxylation is 1. The van der Waals surface area contributed by atoms with Gasteiger partial charge in [-0.15, -0.1) is 0 Å². The van der Waals surface area contributed by atoms with E-state index < -0.39 is 0 Å². The van der Waals surface area contributed by atoms with E-state index in [9.17, 15) is 4.79 Å². The Labute approximate surface area is 107 Å². The summed E-state index contributed by atoms with van der Waals surface area (Å²) in [6.45, 7) is 0. The Hall–Kier alpha value is -1.16. The number of carbonyl (C=O) groups is 1. The minimum absolute atomic E-state index is 0.129. The number of anilines is 1. The van der Waals surface area contributed by atoms with Gasteiger partial charge in [0.2, 0.25) is 0 Å². The fourth-order valence-electron chi connectivity index (χ4n) is 1.42. The third kappa shape index (κ3) is 6.22. The van der Waals surface area contributed by atoms with E-state index in [0.717, 1.165) is 30.0 Å². The number of benzene rings is 1. The molecule has 0 saturated heterocycles. The molecule has 0 aliphatic rings. The normalized spacial score (nSPS) is 10.2. The van der Waals surface area contributed by atoms with Gasteiger partial charge in [-0.25, -0.2) is 0 Å². The van der Waals surface area contributed by atoms with Crippen molar-refractivity contribution < 1.29 is 9.53 Å². The van der Waals surface area contributed by atoms with Crippen molar-refractivity contribution in [2.24, 2.45) is 0 Å². The number of thioether (sulfide) groups is 1. The minimum Gasteiger partial charge on any atom is -0.469 e. The zero-order valence-electron chi connectivity index (χ0n) is 10.1. The SMILES string of the molecule is COC(=O)CCSCCCc1ccc(N)cc1. The average molecular weight is 253 g/mol. The van der Waals surface area contributed by atoms with Gasteiger partial charge < -0.3 is 10.5 Å². The molecule has 4 heteroatoms. The van der Waals surface area contributed by atoms with E-state index >= 15 is 0 Å². The number of nitrogens with two attached hydrogens (primary N) is 1. The van der Waals surface area contributed by atoms with E-state index in [1.54, 1.807) is 11.8 Å².